The molecule has 0 spiro atoms. The minimum atomic E-state index is -0.983. The molecule has 33 heavy (non-hydrogen) atoms. The van der Waals surface area contributed by atoms with Gasteiger partial charge in [-0.05, 0) is 36.2 Å². The fourth-order valence-corrected chi connectivity index (χ4v) is 3.72. The number of nitrogens with one attached hydrogen (secondary N) is 2. The molecule has 2 aromatic carbocycles. The molecule has 0 saturated heterocycles. The molecule has 0 saturated carbocycles. The highest BCUT2D eigenvalue weighted by Gasteiger charge is 2.26. The SMILES string of the molecule is COc1cc(OC)cc(C(=O)N[C@@H](C(=O)Nc2nc(-c3ccc(F)c(F)c3)cs2)C(C)C)c1. The van der Waals surface area contributed by atoms with Gasteiger partial charge in [0.2, 0.25) is 5.91 Å². The Labute approximate surface area is 193 Å². The minimum Gasteiger partial charge on any atom is -0.497 e. The quantitative estimate of drug-likeness (QED) is 0.501. The molecule has 0 radical (unpaired) electrons. The van der Waals surface area contributed by atoms with Crippen molar-refractivity contribution in [3.05, 3.63) is 59.0 Å². The number of carbonyl (C=O) groups excluding carboxylic acids is 2. The fourth-order valence-electron chi connectivity index (χ4n) is 3.00. The second-order valence-corrected chi connectivity index (χ2v) is 8.31. The van der Waals surface area contributed by atoms with Crippen molar-refractivity contribution >= 4 is 28.3 Å². The molecule has 0 aliphatic heterocycles. The number of carbonyl (C=O) groups is 2. The molecular weight excluding hydrogens is 452 g/mol. The highest BCUT2D eigenvalue weighted by atomic mass is 32.1. The molecule has 1 atom stereocenters. The summed E-state index contributed by atoms with van der Waals surface area (Å²) in [5.41, 5.74) is 1.05. The lowest BCUT2D eigenvalue weighted by Crippen LogP contribution is -2.47. The van der Waals surface area contributed by atoms with Gasteiger partial charge in [-0.2, -0.15) is 0 Å². The maximum absolute atomic E-state index is 13.5. The Morgan fingerprint density at radius 3 is 2.24 bits per heavy atom. The van der Waals surface area contributed by atoms with Crippen LogP contribution < -0.4 is 20.1 Å². The van der Waals surface area contributed by atoms with Crippen LogP contribution in [0.1, 0.15) is 24.2 Å². The van der Waals surface area contributed by atoms with E-state index >= 15 is 0 Å². The van der Waals surface area contributed by atoms with Crippen molar-refractivity contribution in [2.45, 2.75) is 19.9 Å². The van der Waals surface area contributed by atoms with Crippen LogP contribution in [-0.2, 0) is 4.79 Å². The molecule has 0 unspecified atom stereocenters. The molecule has 0 aliphatic carbocycles. The maximum atomic E-state index is 13.5. The first-order valence-corrected chi connectivity index (χ1v) is 10.9. The number of hydrogen-bond acceptors (Lipinski definition) is 6. The molecule has 3 aromatic rings. The summed E-state index contributed by atoms with van der Waals surface area (Å²) in [4.78, 5) is 30.0. The monoisotopic (exact) mass is 475 g/mol. The Morgan fingerprint density at radius 2 is 1.67 bits per heavy atom. The molecule has 1 heterocycles. The van der Waals surface area contributed by atoms with Gasteiger partial charge in [0.15, 0.2) is 16.8 Å². The van der Waals surface area contributed by atoms with E-state index in [-0.39, 0.29) is 16.6 Å². The molecule has 1 aromatic heterocycles. The van der Waals surface area contributed by atoms with E-state index in [9.17, 15) is 18.4 Å². The first-order chi connectivity index (χ1) is 15.7. The molecule has 10 heteroatoms. The van der Waals surface area contributed by atoms with Crippen molar-refractivity contribution in [2.75, 3.05) is 19.5 Å². The molecule has 2 N–H and O–H groups in total. The first-order valence-electron chi connectivity index (χ1n) is 9.97. The number of amides is 2. The van der Waals surface area contributed by atoms with Crippen molar-refractivity contribution in [3.8, 4) is 22.8 Å². The van der Waals surface area contributed by atoms with Crippen LogP contribution in [0.4, 0.5) is 13.9 Å². The lowest BCUT2D eigenvalue weighted by atomic mass is 10.0. The topological polar surface area (TPSA) is 89.5 Å². The van der Waals surface area contributed by atoms with Crippen LogP contribution in [0.25, 0.3) is 11.3 Å². The number of ether oxygens (including phenoxy) is 2. The third-order valence-corrected chi connectivity index (χ3v) is 5.56. The van der Waals surface area contributed by atoms with Gasteiger partial charge >= 0.3 is 0 Å². The molecule has 0 bridgehead atoms. The van der Waals surface area contributed by atoms with Gasteiger partial charge < -0.3 is 20.1 Å². The number of nitrogens with zero attached hydrogens (tertiary/aromatic N) is 1. The molecule has 3 rings (SSSR count). The molecular formula is C23H23F2N3O4S. The third-order valence-electron chi connectivity index (χ3n) is 4.80. The summed E-state index contributed by atoms with van der Waals surface area (Å²) < 4.78 is 37.1. The number of hydrogen-bond donors (Lipinski definition) is 2. The zero-order chi connectivity index (χ0) is 24.1. The second-order valence-electron chi connectivity index (χ2n) is 7.45. The highest BCUT2D eigenvalue weighted by Crippen LogP contribution is 2.27. The van der Waals surface area contributed by atoms with Crippen LogP contribution in [0.3, 0.4) is 0 Å². The van der Waals surface area contributed by atoms with Gasteiger partial charge in [-0.1, -0.05) is 13.8 Å². The zero-order valence-electron chi connectivity index (χ0n) is 18.4. The van der Waals surface area contributed by atoms with E-state index in [4.69, 9.17) is 9.47 Å². The van der Waals surface area contributed by atoms with Crippen molar-refractivity contribution < 1.29 is 27.8 Å². The van der Waals surface area contributed by atoms with Gasteiger partial charge in [-0.3, -0.25) is 9.59 Å². The molecule has 0 fully saturated rings. The van der Waals surface area contributed by atoms with E-state index < -0.39 is 29.5 Å². The summed E-state index contributed by atoms with van der Waals surface area (Å²) in [6.07, 6.45) is 0. The van der Waals surface area contributed by atoms with E-state index in [2.05, 4.69) is 15.6 Å². The highest BCUT2D eigenvalue weighted by molar-refractivity contribution is 7.14. The van der Waals surface area contributed by atoms with Crippen molar-refractivity contribution in [2.24, 2.45) is 5.92 Å². The Hall–Kier alpha value is -3.53. The van der Waals surface area contributed by atoms with Crippen molar-refractivity contribution in [3.63, 3.8) is 0 Å². The summed E-state index contributed by atoms with van der Waals surface area (Å²) in [5, 5.41) is 7.29. The van der Waals surface area contributed by atoms with E-state index in [1.807, 2.05) is 0 Å². The standard InChI is InChI=1S/C23H23F2N3O4S/c1-12(2)20(27-21(29)14-7-15(31-3)10-16(8-14)32-4)22(30)28-23-26-19(11-33-23)13-5-6-17(24)18(25)9-13/h5-12,20H,1-4H3,(H,27,29)(H,26,28,30)/t20-/m1/s1. The lowest BCUT2D eigenvalue weighted by molar-refractivity contribution is -0.118. The van der Waals surface area contributed by atoms with Gasteiger partial charge in [-0.25, -0.2) is 13.8 Å². The number of anilines is 1. The van der Waals surface area contributed by atoms with Crippen LogP contribution in [-0.4, -0.2) is 37.1 Å². The van der Waals surface area contributed by atoms with Gasteiger partial charge in [0.05, 0.1) is 19.9 Å². The van der Waals surface area contributed by atoms with Crippen molar-refractivity contribution in [1.29, 1.82) is 0 Å². The summed E-state index contributed by atoms with van der Waals surface area (Å²) in [6, 6.07) is 7.32. The van der Waals surface area contributed by atoms with Gasteiger partial charge in [0, 0.05) is 22.6 Å². The predicted molar refractivity (Wildman–Crippen MR) is 122 cm³/mol. The van der Waals surface area contributed by atoms with Gasteiger partial charge in [0.1, 0.15) is 17.5 Å². The number of halogens is 2. The fraction of sp³-hybridized carbons (Fsp3) is 0.261. The van der Waals surface area contributed by atoms with Crippen LogP contribution in [0.5, 0.6) is 11.5 Å². The third kappa shape index (κ3) is 5.83. The molecule has 2 amide bonds. The normalized spacial score (nSPS) is 11.7. The first kappa shape index (κ1) is 24.1. The largest absolute Gasteiger partial charge is 0.497 e. The smallest absolute Gasteiger partial charge is 0.252 e. The van der Waals surface area contributed by atoms with E-state index in [1.165, 1.54) is 20.3 Å². The maximum Gasteiger partial charge on any atom is 0.252 e. The molecule has 0 aliphatic rings. The zero-order valence-corrected chi connectivity index (χ0v) is 19.3. The van der Waals surface area contributed by atoms with Crippen LogP contribution in [0, 0.1) is 17.6 Å². The Morgan fingerprint density at radius 1 is 1.00 bits per heavy atom. The predicted octanol–water partition coefficient (Wildman–Crippen LogP) is 4.50. The Bertz CT molecular complexity index is 1140. The summed E-state index contributed by atoms with van der Waals surface area (Å²) in [6.45, 7) is 3.59. The van der Waals surface area contributed by atoms with Crippen molar-refractivity contribution in [1.82, 2.24) is 10.3 Å². The molecule has 7 nitrogen and oxygen atoms in total. The average Bonchev–Trinajstić information content (AvgIpc) is 3.26. The minimum absolute atomic E-state index is 0.230. The summed E-state index contributed by atoms with van der Waals surface area (Å²) >= 11 is 1.13. The molecule has 174 valence electrons. The number of thiazole rings is 1. The van der Waals surface area contributed by atoms with Crippen LogP contribution >= 0.6 is 11.3 Å². The summed E-state index contributed by atoms with van der Waals surface area (Å²) in [5.74, 6) is -2.21. The lowest BCUT2D eigenvalue weighted by Gasteiger charge is -2.21. The number of rotatable bonds is 8. The number of benzene rings is 2. The van der Waals surface area contributed by atoms with Gasteiger partial charge in [0.25, 0.3) is 5.91 Å². The van der Waals surface area contributed by atoms with Gasteiger partial charge in [-0.15, -0.1) is 11.3 Å². The van der Waals surface area contributed by atoms with E-state index in [1.54, 1.807) is 37.4 Å². The number of methoxy groups -OCH3 is 2. The Kier molecular flexibility index (Phi) is 7.59. The van der Waals surface area contributed by atoms with E-state index in [0.717, 1.165) is 23.5 Å². The van der Waals surface area contributed by atoms with Crippen LogP contribution in [0.15, 0.2) is 41.8 Å². The Balaban J connectivity index is 1.74. The summed E-state index contributed by atoms with van der Waals surface area (Å²) in [7, 11) is 2.95. The van der Waals surface area contributed by atoms with Crippen LogP contribution in [0.2, 0.25) is 0 Å². The second kappa shape index (κ2) is 10.4. The van der Waals surface area contributed by atoms with E-state index in [0.29, 0.717) is 22.8 Å². The average molecular weight is 476 g/mol. The number of aromatic nitrogens is 1.